The Morgan fingerprint density at radius 1 is 1.20 bits per heavy atom. The van der Waals surface area contributed by atoms with Crippen LogP contribution in [0.5, 0.6) is 0 Å². The second kappa shape index (κ2) is 6.91. The zero-order valence-corrected chi connectivity index (χ0v) is 13.0. The molecule has 2 rings (SSSR count). The lowest BCUT2D eigenvalue weighted by Gasteiger charge is -2.26. The van der Waals surface area contributed by atoms with Crippen LogP contribution in [0.1, 0.15) is 32.6 Å². The number of benzene rings is 1. The van der Waals surface area contributed by atoms with Crippen molar-refractivity contribution in [3.8, 4) is 0 Å². The van der Waals surface area contributed by atoms with Gasteiger partial charge in [-0.15, -0.1) is 0 Å². The van der Waals surface area contributed by atoms with E-state index in [1.165, 1.54) is 5.39 Å². The van der Waals surface area contributed by atoms with Crippen molar-refractivity contribution in [3.63, 3.8) is 0 Å². The normalized spacial score (nSPS) is 13.5. The molecular formula is C17H26N2O. The van der Waals surface area contributed by atoms with Gasteiger partial charge in [0.2, 0.25) is 0 Å². The molecule has 110 valence electrons. The van der Waals surface area contributed by atoms with Crippen LogP contribution >= 0.6 is 0 Å². The Hall–Kier alpha value is -1.32. The maximum Gasteiger partial charge on any atom is 0.134 e. The van der Waals surface area contributed by atoms with Crippen LogP contribution in [-0.4, -0.2) is 31.6 Å². The number of furan rings is 1. The molecule has 0 bridgehead atoms. The summed E-state index contributed by atoms with van der Waals surface area (Å²) in [5.74, 6) is 1.71. The number of nitrogens with one attached hydrogen (secondary N) is 1. The van der Waals surface area contributed by atoms with Crippen molar-refractivity contribution < 1.29 is 4.42 Å². The molecule has 1 unspecified atom stereocenters. The molecule has 3 nitrogen and oxygen atoms in total. The van der Waals surface area contributed by atoms with E-state index in [0.29, 0.717) is 5.92 Å². The smallest absolute Gasteiger partial charge is 0.134 e. The maximum absolute atomic E-state index is 5.98. The monoisotopic (exact) mass is 274 g/mol. The lowest BCUT2D eigenvalue weighted by atomic mass is 10.1. The van der Waals surface area contributed by atoms with Gasteiger partial charge in [-0.05, 0) is 31.6 Å². The fourth-order valence-electron chi connectivity index (χ4n) is 2.60. The molecule has 1 atom stereocenters. The van der Waals surface area contributed by atoms with Crippen molar-refractivity contribution >= 4 is 11.0 Å². The molecule has 0 aliphatic carbocycles. The van der Waals surface area contributed by atoms with Crippen LogP contribution in [-0.2, 0) is 0 Å². The minimum atomic E-state index is 0.237. The molecule has 1 aromatic carbocycles. The van der Waals surface area contributed by atoms with Gasteiger partial charge in [0.25, 0.3) is 0 Å². The summed E-state index contributed by atoms with van der Waals surface area (Å²) in [5, 5.41) is 4.56. The first-order valence-electron chi connectivity index (χ1n) is 7.52. The highest BCUT2D eigenvalue weighted by atomic mass is 16.3. The van der Waals surface area contributed by atoms with Gasteiger partial charge in [-0.2, -0.15) is 0 Å². The van der Waals surface area contributed by atoms with Crippen molar-refractivity contribution in [2.75, 3.05) is 26.7 Å². The molecule has 0 amide bonds. The summed E-state index contributed by atoms with van der Waals surface area (Å²) in [7, 11) is 2.00. The molecular weight excluding hydrogens is 248 g/mol. The SMILES string of the molecule is CCN(CC(C)C)CC(NC)c1cc2ccccc2o1. The quantitative estimate of drug-likeness (QED) is 0.835. The molecule has 3 heteroatoms. The molecule has 0 aliphatic heterocycles. The van der Waals surface area contributed by atoms with E-state index < -0.39 is 0 Å². The minimum absolute atomic E-state index is 0.237. The zero-order chi connectivity index (χ0) is 14.5. The van der Waals surface area contributed by atoms with Crippen LogP contribution < -0.4 is 5.32 Å². The third-order valence-electron chi connectivity index (χ3n) is 3.65. The first kappa shape index (κ1) is 15.1. The zero-order valence-electron chi connectivity index (χ0n) is 13.0. The number of para-hydroxylation sites is 1. The van der Waals surface area contributed by atoms with Crippen molar-refractivity contribution in [1.82, 2.24) is 10.2 Å². The lowest BCUT2D eigenvalue weighted by Crippen LogP contribution is -2.35. The van der Waals surface area contributed by atoms with Crippen LogP contribution in [0.2, 0.25) is 0 Å². The number of hydrogen-bond donors (Lipinski definition) is 1. The van der Waals surface area contributed by atoms with Gasteiger partial charge in [0.15, 0.2) is 0 Å². The Balaban J connectivity index is 2.14. The number of nitrogens with zero attached hydrogens (tertiary/aromatic N) is 1. The highest BCUT2D eigenvalue weighted by molar-refractivity contribution is 5.77. The van der Waals surface area contributed by atoms with Gasteiger partial charge in [-0.3, -0.25) is 0 Å². The van der Waals surface area contributed by atoms with Crippen molar-refractivity contribution in [1.29, 1.82) is 0 Å². The van der Waals surface area contributed by atoms with E-state index in [2.05, 4.69) is 43.1 Å². The third-order valence-corrected chi connectivity index (χ3v) is 3.65. The Kier molecular flexibility index (Phi) is 5.21. The van der Waals surface area contributed by atoms with E-state index in [9.17, 15) is 0 Å². The van der Waals surface area contributed by atoms with Gasteiger partial charge >= 0.3 is 0 Å². The molecule has 2 aromatic rings. The Morgan fingerprint density at radius 3 is 2.55 bits per heavy atom. The average molecular weight is 274 g/mol. The van der Waals surface area contributed by atoms with Crippen LogP contribution in [0, 0.1) is 5.92 Å². The highest BCUT2D eigenvalue weighted by Crippen LogP contribution is 2.24. The topological polar surface area (TPSA) is 28.4 Å². The number of hydrogen-bond acceptors (Lipinski definition) is 3. The first-order valence-corrected chi connectivity index (χ1v) is 7.52. The average Bonchev–Trinajstić information content (AvgIpc) is 2.86. The lowest BCUT2D eigenvalue weighted by molar-refractivity contribution is 0.222. The Morgan fingerprint density at radius 2 is 1.95 bits per heavy atom. The van der Waals surface area contributed by atoms with Crippen LogP contribution in [0.4, 0.5) is 0 Å². The van der Waals surface area contributed by atoms with Crippen LogP contribution in [0.3, 0.4) is 0 Å². The molecule has 1 aromatic heterocycles. The van der Waals surface area contributed by atoms with Gasteiger partial charge in [0, 0.05) is 18.5 Å². The van der Waals surface area contributed by atoms with E-state index in [4.69, 9.17) is 4.42 Å². The van der Waals surface area contributed by atoms with Gasteiger partial charge in [0.05, 0.1) is 6.04 Å². The Bertz CT molecular complexity index is 500. The van der Waals surface area contributed by atoms with E-state index in [-0.39, 0.29) is 6.04 Å². The molecule has 0 aliphatic rings. The first-order chi connectivity index (χ1) is 9.63. The summed E-state index contributed by atoms with van der Waals surface area (Å²) in [6.07, 6.45) is 0. The standard InChI is InChI=1S/C17H26N2O/c1-5-19(11-13(2)3)12-15(18-4)17-10-14-8-6-7-9-16(14)20-17/h6-10,13,15,18H,5,11-12H2,1-4H3. The second-order valence-corrected chi connectivity index (χ2v) is 5.77. The second-order valence-electron chi connectivity index (χ2n) is 5.77. The predicted octanol–water partition coefficient (Wildman–Crippen LogP) is 3.67. The maximum atomic E-state index is 5.98. The third kappa shape index (κ3) is 3.62. The molecule has 0 saturated carbocycles. The predicted molar refractivity (Wildman–Crippen MR) is 85.0 cm³/mol. The number of rotatable bonds is 7. The van der Waals surface area contributed by atoms with Crippen LogP contribution in [0.25, 0.3) is 11.0 Å². The number of fused-ring (bicyclic) bond motifs is 1. The van der Waals surface area contributed by atoms with E-state index >= 15 is 0 Å². The summed E-state index contributed by atoms with van der Waals surface area (Å²) in [4.78, 5) is 2.47. The van der Waals surface area contributed by atoms with E-state index in [0.717, 1.165) is 31.0 Å². The molecule has 1 heterocycles. The minimum Gasteiger partial charge on any atom is -0.459 e. The summed E-state index contributed by atoms with van der Waals surface area (Å²) in [5.41, 5.74) is 0.967. The highest BCUT2D eigenvalue weighted by Gasteiger charge is 2.18. The Labute approximate surface area is 122 Å². The largest absolute Gasteiger partial charge is 0.459 e. The molecule has 0 saturated heterocycles. The fraction of sp³-hybridized carbons (Fsp3) is 0.529. The summed E-state index contributed by atoms with van der Waals surface area (Å²) < 4.78 is 5.98. The van der Waals surface area contributed by atoms with Gasteiger partial charge in [-0.1, -0.05) is 39.0 Å². The van der Waals surface area contributed by atoms with Crippen molar-refractivity contribution in [2.24, 2.45) is 5.92 Å². The van der Waals surface area contributed by atoms with E-state index in [1.54, 1.807) is 0 Å². The van der Waals surface area contributed by atoms with Crippen molar-refractivity contribution in [3.05, 3.63) is 36.1 Å². The molecule has 20 heavy (non-hydrogen) atoms. The molecule has 1 N–H and O–H groups in total. The number of likely N-dealkylation sites (N-methyl/N-ethyl adjacent to an activating group) is 2. The summed E-state index contributed by atoms with van der Waals surface area (Å²) >= 11 is 0. The van der Waals surface area contributed by atoms with Crippen LogP contribution in [0.15, 0.2) is 34.7 Å². The molecule has 0 fully saturated rings. The summed E-state index contributed by atoms with van der Waals surface area (Å²) in [6.45, 7) is 9.90. The van der Waals surface area contributed by atoms with E-state index in [1.807, 2.05) is 25.2 Å². The van der Waals surface area contributed by atoms with Crippen molar-refractivity contribution in [2.45, 2.75) is 26.8 Å². The fourth-order valence-corrected chi connectivity index (χ4v) is 2.60. The van der Waals surface area contributed by atoms with Gasteiger partial charge in [0.1, 0.15) is 11.3 Å². The molecule has 0 spiro atoms. The van der Waals surface area contributed by atoms with Gasteiger partial charge in [-0.25, -0.2) is 0 Å². The molecule has 0 radical (unpaired) electrons. The van der Waals surface area contributed by atoms with Gasteiger partial charge < -0.3 is 14.6 Å². The summed E-state index contributed by atoms with van der Waals surface area (Å²) in [6, 6.07) is 10.6.